The molecule has 52 heavy (non-hydrogen) atoms. The highest BCUT2D eigenvalue weighted by molar-refractivity contribution is 7.96. The van der Waals surface area contributed by atoms with E-state index in [1.807, 2.05) is 0 Å². The normalized spacial score (nSPS) is 11.9. The zero-order valence-corrected chi connectivity index (χ0v) is 30.8. The first kappa shape index (κ1) is 32.6. The predicted molar refractivity (Wildman–Crippen MR) is 229 cm³/mol. The minimum atomic E-state index is -2.10. The van der Waals surface area contributed by atoms with Crippen LogP contribution in [0, 0.1) is 0 Å². The van der Waals surface area contributed by atoms with Gasteiger partial charge in [-0.15, -0.1) is 0 Å². The van der Waals surface area contributed by atoms with Gasteiger partial charge in [0.2, 0.25) is 0 Å². The molecule has 1 nitrogen and oxygen atoms in total. The van der Waals surface area contributed by atoms with E-state index in [1.165, 1.54) is 64.1 Å². The second-order valence-electron chi connectivity index (χ2n) is 13.3. The summed E-state index contributed by atoms with van der Waals surface area (Å²) in [7, 11) is -2.75. The van der Waals surface area contributed by atoms with E-state index < -0.39 is 15.2 Å². The van der Waals surface area contributed by atoms with Crippen molar-refractivity contribution in [2.24, 2.45) is 0 Å². The maximum absolute atomic E-state index is 6.56. The van der Waals surface area contributed by atoms with E-state index >= 15 is 0 Å². The molecule has 0 aromatic heterocycles. The first-order chi connectivity index (χ1) is 25.8. The fraction of sp³-hybridized carbons (Fsp3) is 0.0612. The fourth-order valence-corrected chi connectivity index (χ4v) is 14.8. The Morgan fingerprint density at radius 2 is 0.885 bits per heavy atom. The molecule has 0 saturated heterocycles. The van der Waals surface area contributed by atoms with Gasteiger partial charge >= 0.3 is 0 Å². The fourth-order valence-electron chi connectivity index (χ4n) is 8.01. The van der Waals surface area contributed by atoms with Crippen LogP contribution in [0.15, 0.2) is 200 Å². The molecule has 0 unspecified atom stereocenters. The summed E-state index contributed by atoms with van der Waals surface area (Å²) in [5.74, 6) is 0.922. The average molecular weight is 706 g/mol. The van der Waals surface area contributed by atoms with E-state index in [-0.39, 0.29) is 0 Å². The molecule has 0 amide bonds. The van der Waals surface area contributed by atoms with E-state index in [4.69, 9.17) is 4.74 Å². The van der Waals surface area contributed by atoms with Gasteiger partial charge in [0, 0.05) is 17.2 Å². The first-order valence-corrected chi connectivity index (χ1v) is 21.4. The van der Waals surface area contributed by atoms with Gasteiger partial charge < -0.3 is 4.74 Å². The van der Waals surface area contributed by atoms with E-state index in [0.717, 1.165) is 18.3 Å². The van der Waals surface area contributed by atoms with E-state index in [0.29, 0.717) is 6.61 Å². The van der Waals surface area contributed by atoms with Crippen molar-refractivity contribution in [3.05, 3.63) is 200 Å². The second-order valence-corrected chi connectivity index (χ2v) is 19.1. The largest absolute Gasteiger partial charge is 0.493 e. The van der Waals surface area contributed by atoms with Crippen molar-refractivity contribution in [1.82, 2.24) is 0 Å². The van der Waals surface area contributed by atoms with Crippen LogP contribution in [-0.4, -0.2) is 12.8 Å². The van der Waals surface area contributed by atoms with Crippen LogP contribution in [-0.2, 0) is 0 Å². The molecule has 0 aliphatic carbocycles. The zero-order chi connectivity index (χ0) is 34.7. The molecule has 9 aromatic carbocycles. The van der Waals surface area contributed by atoms with Crippen LogP contribution >= 0.6 is 15.2 Å². The maximum Gasteiger partial charge on any atom is 0.119 e. The molecule has 0 saturated carbocycles. The lowest BCUT2D eigenvalue weighted by molar-refractivity contribution is 0.318. The quantitative estimate of drug-likeness (QED) is 0.0740. The molecule has 9 aromatic rings. The summed E-state index contributed by atoms with van der Waals surface area (Å²) in [5.41, 5.74) is 0. The van der Waals surface area contributed by atoms with E-state index in [1.54, 1.807) is 0 Å². The zero-order valence-electron chi connectivity index (χ0n) is 29.0. The SMILES string of the molecule is c1ccc(P(c2ccccc2)c2ccc(OCCC[P+](c3ccccc3)(c3ccccc3)c3ccc4ccc5cccc6ccc3c4c56)cc2)cc1. The molecule has 0 N–H and O–H groups in total. The average Bonchev–Trinajstić information content (AvgIpc) is 3.22. The topological polar surface area (TPSA) is 9.23 Å². The summed E-state index contributed by atoms with van der Waals surface area (Å²) < 4.78 is 6.56. The van der Waals surface area contributed by atoms with Gasteiger partial charge in [-0.3, -0.25) is 0 Å². The van der Waals surface area contributed by atoms with Gasteiger partial charge in [-0.1, -0.05) is 152 Å². The molecule has 0 heterocycles. The molecular weight excluding hydrogens is 666 g/mol. The third-order valence-electron chi connectivity index (χ3n) is 10.3. The van der Waals surface area contributed by atoms with Crippen LogP contribution in [0.25, 0.3) is 32.3 Å². The lowest BCUT2D eigenvalue weighted by Gasteiger charge is -2.29. The molecule has 3 heteroatoms. The van der Waals surface area contributed by atoms with Crippen LogP contribution < -0.4 is 36.6 Å². The van der Waals surface area contributed by atoms with Crippen LogP contribution in [0.1, 0.15) is 6.42 Å². The van der Waals surface area contributed by atoms with Crippen molar-refractivity contribution >= 4 is 79.3 Å². The molecule has 0 spiro atoms. The predicted octanol–water partition coefficient (Wildman–Crippen LogP) is 10.1. The Hall–Kier alpha value is -5.32. The molecule has 0 fully saturated rings. The number of hydrogen-bond acceptors (Lipinski definition) is 1. The van der Waals surface area contributed by atoms with Crippen molar-refractivity contribution < 1.29 is 4.74 Å². The first-order valence-electron chi connectivity index (χ1n) is 18.1. The third kappa shape index (κ3) is 5.95. The van der Waals surface area contributed by atoms with Crippen LogP contribution in [0.4, 0.5) is 0 Å². The summed E-state index contributed by atoms with van der Waals surface area (Å²) in [6.07, 6.45) is 1.94. The monoisotopic (exact) mass is 705 g/mol. The molecule has 250 valence electrons. The molecule has 9 rings (SSSR count). The van der Waals surface area contributed by atoms with Gasteiger partial charge in [-0.05, 0) is 93.9 Å². The summed E-state index contributed by atoms with van der Waals surface area (Å²) in [6.45, 7) is 0.652. The van der Waals surface area contributed by atoms with Crippen molar-refractivity contribution in [2.45, 2.75) is 6.42 Å². The Bertz CT molecular complexity index is 2460. The van der Waals surface area contributed by atoms with Crippen molar-refractivity contribution in [2.75, 3.05) is 12.8 Å². The Labute approximate surface area is 308 Å². The highest BCUT2D eigenvalue weighted by Crippen LogP contribution is 2.57. The Morgan fingerprint density at radius 3 is 1.46 bits per heavy atom. The van der Waals surface area contributed by atoms with Gasteiger partial charge in [0.05, 0.1) is 12.8 Å². The van der Waals surface area contributed by atoms with Gasteiger partial charge in [0.1, 0.15) is 28.9 Å². The van der Waals surface area contributed by atoms with Crippen molar-refractivity contribution in [3.8, 4) is 5.75 Å². The molecule has 0 bridgehead atoms. The van der Waals surface area contributed by atoms with Gasteiger partial charge in [0.15, 0.2) is 0 Å². The summed E-state index contributed by atoms with van der Waals surface area (Å²) in [6, 6.07) is 73.9. The number of ether oxygens (including phenoxy) is 1. The minimum absolute atomic E-state index is 0.649. The standard InChI is InChI=1S/C49H39OP2/c1-5-17-41(18-6-1)51(42-19-7-2-8-20-42)43-31-29-40(30-32-43)50-35-14-36-52(44-21-9-3-10-22-44,45-23-11-4-12-24-45)47-34-28-39-26-25-37-15-13-16-38-27-33-46(47)49(39)48(37)38/h1-13,15-34H,14,35-36H2/q+1. The highest BCUT2D eigenvalue weighted by Gasteiger charge is 2.46. The number of benzene rings is 9. The van der Waals surface area contributed by atoms with E-state index in [2.05, 4.69) is 200 Å². The lowest BCUT2D eigenvalue weighted by atomic mass is 9.94. The Morgan fingerprint density at radius 1 is 0.404 bits per heavy atom. The smallest absolute Gasteiger partial charge is 0.119 e. The van der Waals surface area contributed by atoms with Gasteiger partial charge in [-0.2, -0.15) is 0 Å². The molecule has 0 radical (unpaired) electrons. The van der Waals surface area contributed by atoms with Crippen LogP contribution in [0.3, 0.4) is 0 Å². The van der Waals surface area contributed by atoms with Crippen LogP contribution in [0.2, 0.25) is 0 Å². The molecular formula is C49H39OP2+. The molecule has 0 aliphatic rings. The Kier molecular flexibility index (Phi) is 9.00. The number of hydrogen-bond donors (Lipinski definition) is 0. The maximum atomic E-state index is 6.56. The van der Waals surface area contributed by atoms with Gasteiger partial charge in [-0.25, -0.2) is 0 Å². The lowest BCUT2D eigenvalue weighted by Crippen LogP contribution is -2.34. The van der Waals surface area contributed by atoms with Crippen molar-refractivity contribution in [1.29, 1.82) is 0 Å². The van der Waals surface area contributed by atoms with Crippen molar-refractivity contribution in [3.63, 3.8) is 0 Å². The molecule has 0 atom stereocenters. The third-order valence-corrected chi connectivity index (χ3v) is 17.3. The van der Waals surface area contributed by atoms with Gasteiger partial charge in [0.25, 0.3) is 0 Å². The summed E-state index contributed by atoms with van der Waals surface area (Å²) in [4.78, 5) is 0. The minimum Gasteiger partial charge on any atom is -0.493 e. The second kappa shape index (κ2) is 14.4. The molecule has 0 aliphatic heterocycles. The van der Waals surface area contributed by atoms with E-state index in [9.17, 15) is 0 Å². The van der Waals surface area contributed by atoms with Crippen LogP contribution in [0.5, 0.6) is 5.75 Å². The Balaban J connectivity index is 1.06. The summed E-state index contributed by atoms with van der Waals surface area (Å²) >= 11 is 0. The summed E-state index contributed by atoms with van der Waals surface area (Å²) in [5, 5.41) is 16.3. The highest BCUT2D eigenvalue weighted by atomic mass is 31.2. The number of rotatable bonds is 11.